The molecule has 0 radical (unpaired) electrons. The maximum atomic E-state index is 10.3. The van der Waals surface area contributed by atoms with Crippen molar-refractivity contribution in [3.05, 3.63) is 0 Å². The maximum Gasteiger partial charge on any atom is 1.00 e. The van der Waals surface area contributed by atoms with Crippen molar-refractivity contribution in [1.82, 2.24) is 0 Å². The van der Waals surface area contributed by atoms with Crippen LogP contribution in [0, 0.1) is 0 Å². The summed E-state index contributed by atoms with van der Waals surface area (Å²) in [6.07, 6.45) is 17.4. The van der Waals surface area contributed by atoms with Gasteiger partial charge in [0.2, 0.25) is 10.4 Å². The normalized spacial score (nSPS) is 12.8. The molecule has 0 fully saturated rings. The van der Waals surface area contributed by atoms with Crippen molar-refractivity contribution in [3.63, 3.8) is 0 Å². The van der Waals surface area contributed by atoms with Gasteiger partial charge >= 0.3 is 29.6 Å². The van der Waals surface area contributed by atoms with Gasteiger partial charge in [0, 0.05) is 0 Å². The zero-order chi connectivity index (χ0) is 18.1. The van der Waals surface area contributed by atoms with E-state index in [-0.39, 0.29) is 36.0 Å². The number of aliphatic hydroxyl groups excluding tert-OH is 1. The predicted octanol–water partition coefficient (Wildman–Crippen LogP) is 2.05. The smallest absolute Gasteiger partial charge is 0.725 e. The fourth-order valence-corrected chi connectivity index (χ4v) is 3.24. The molecule has 1 unspecified atom stereocenters. The summed E-state index contributed by atoms with van der Waals surface area (Å²) < 4.78 is 34.7. The molecule has 7 heteroatoms. The standard InChI is InChI=1S/C18H38O5S.Na/c1-2-3-4-5-6-7-8-9-10-11-12-13-14-15-16-17-18(19)23-24(20,21)22;/h18-19H,2-17H2,1H3,(H,20,21,22);/q;+1/p-1. The average molecular weight is 389 g/mol. The molecule has 0 rings (SSSR count). The Hall–Kier alpha value is 0.830. The van der Waals surface area contributed by atoms with E-state index in [2.05, 4.69) is 11.1 Å². The molecule has 1 N–H and O–H groups in total. The average Bonchev–Trinajstić information content (AvgIpc) is 2.49. The van der Waals surface area contributed by atoms with Crippen LogP contribution in [0.4, 0.5) is 0 Å². The zero-order valence-electron chi connectivity index (χ0n) is 16.4. The van der Waals surface area contributed by atoms with Gasteiger partial charge in [-0.1, -0.05) is 96.8 Å². The van der Waals surface area contributed by atoms with E-state index in [0.717, 1.165) is 12.8 Å². The summed E-state index contributed by atoms with van der Waals surface area (Å²) in [6.45, 7) is 2.25. The molecule has 0 aromatic heterocycles. The van der Waals surface area contributed by atoms with Crippen LogP contribution in [-0.2, 0) is 14.6 Å². The van der Waals surface area contributed by atoms with Crippen LogP contribution in [0.25, 0.3) is 0 Å². The molecule has 0 bridgehead atoms. The predicted molar refractivity (Wildman–Crippen MR) is 96.3 cm³/mol. The van der Waals surface area contributed by atoms with Crippen molar-refractivity contribution < 1.29 is 51.8 Å². The van der Waals surface area contributed by atoms with Crippen LogP contribution in [0.15, 0.2) is 0 Å². The summed E-state index contributed by atoms with van der Waals surface area (Å²) in [6, 6.07) is 0. The Balaban J connectivity index is 0. The van der Waals surface area contributed by atoms with Gasteiger partial charge in [-0.05, 0) is 12.8 Å². The Morgan fingerprint density at radius 2 is 1.08 bits per heavy atom. The largest absolute Gasteiger partial charge is 1.00 e. The number of unbranched alkanes of at least 4 members (excludes halogenated alkanes) is 14. The number of rotatable bonds is 18. The summed E-state index contributed by atoms with van der Waals surface area (Å²) in [7, 11) is -4.79. The first kappa shape index (κ1) is 28.0. The third-order valence-electron chi connectivity index (χ3n) is 4.28. The van der Waals surface area contributed by atoms with Crippen LogP contribution in [0.2, 0.25) is 0 Å². The molecule has 146 valence electrons. The minimum atomic E-state index is -4.79. The van der Waals surface area contributed by atoms with Gasteiger partial charge in [0.1, 0.15) is 0 Å². The van der Waals surface area contributed by atoms with Crippen LogP contribution < -0.4 is 29.6 Å². The second-order valence-electron chi connectivity index (χ2n) is 6.70. The fourth-order valence-electron chi connectivity index (χ4n) is 2.87. The quantitative estimate of drug-likeness (QED) is 0.128. The molecule has 0 aromatic rings. The third-order valence-corrected chi connectivity index (χ3v) is 4.74. The van der Waals surface area contributed by atoms with E-state index in [9.17, 15) is 18.1 Å². The van der Waals surface area contributed by atoms with Crippen molar-refractivity contribution in [2.45, 2.75) is 116 Å². The molecular formula is C18H37NaO5S. The Labute approximate surface area is 177 Å². The van der Waals surface area contributed by atoms with Gasteiger partial charge in [0.25, 0.3) is 0 Å². The van der Waals surface area contributed by atoms with Gasteiger partial charge in [0.05, 0.1) is 0 Å². The van der Waals surface area contributed by atoms with Crippen molar-refractivity contribution in [2.75, 3.05) is 0 Å². The molecule has 0 aliphatic carbocycles. The molecule has 0 aromatic carbocycles. The van der Waals surface area contributed by atoms with E-state index < -0.39 is 16.7 Å². The van der Waals surface area contributed by atoms with Crippen molar-refractivity contribution >= 4 is 10.4 Å². The van der Waals surface area contributed by atoms with Crippen LogP contribution in [-0.4, -0.2) is 24.4 Å². The second-order valence-corrected chi connectivity index (χ2v) is 7.71. The van der Waals surface area contributed by atoms with Crippen LogP contribution >= 0.6 is 0 Å². The van der Waals surface area contributed by atoms with E-state index in [4.69, 9.17) is 0 Å². The summed E-state index contributed by atoms with van der Waals surface area (Å²) in [5.74, 6) is 0. The summed E-state index contributed by atoms with van der Waals surface area (Å²) in [5, 5.41) is 9.19. The SMILES string of the molecule is CCCCCCCCCCCCCCCCCC(O)OS(=O)(=O)[O-].[Na+]. The molecular weight excluding hydrogens is 351 g/mol. The molecule has 0 saturated heterocycles. The minimum absolute atomic E-state index is 0. The van der Waals surface area contributed by atoms with Crippen molar-refractivity contribution in [2.24, 2.45) is 0 Å². The number of hydrogen-bond acceptors (Lipinski definition) is 5. The summed E-state index contributed by atoms with van der Waals surface area (Å²) in [5.41, 5.74) is 0. The number of hydrogen-bond donors (Lipinski definition) is 1. The summed E-state index contributed by atoms with van der Waals surface area (Å²) >= 11 is 0. The van der Waals surface area contributed by atoms with Crippen LogP contribution in [0.1, 0.15) is 110 Å². The van der Waals surface area contributed by atoms with Gasteiger partial charge in [-0.15, -0.1) is 0 Å². The fraction of sp³-hybridized carbons (Fsp3) is 1.00. The molecule has 0 heterocycles. The van der Waals surface area contributed by atoms with Gasteiger partial charge in [-0.25, -0.2) is 12.6 Å². The monoisotopic (exact) mass is 388 g/mol. The molecule has 25 heavy (non-hydrogen) atoms. The van der Waals surface area contributed by atoms with Crippen LogP contribution in [0.5, 0.6) is 0 Å². The molecule has 0 amide bonds. The first-order valence-corrected chi connectivity index (χ1v) is 11.1. The minimum Gasteiger partial charge on any atom is -0.725 e. The summed E-state index contributed by atoms with van der Waals surface area (Å²) in [4.78, 5) is 0. The third kappa shape index (κ3) is 24.8. The molecule has 0 spiro atoms. The second kappa shape index (κ2) is 19.6. The first-order valence-electron chi connectivity index (χ1n) is 9.78. The Morgan fingerprint density at radius 1 is 0.760 bits per heavy atom. The van der Waals surface area contributed by atoms with Gasteiger partial charge < -0.3 is 9.66 Å². The Morgan fingerprint density at radius 3 is 1.40 bits per heavy atom. The topological polar surface area (TPSA) is 86.7 Å². The van der Waals surface area contributed by atoms with E-state index in [0.29, 0.717) is 6.42 Å². The van der Waals surface area contributed by atoms with Crippen LogP contribution in [0.3, 0.4) is 0 Å². The van der Waals surface area contributed by atoms with Gasteiger partial charge in [-0.3, -0.25) is 0 Å². The molecule has 0 saturated carbocycles. The molecule has 0 aliphatic rings. The van der Waals surface area contributed by atoms with Crippen molar-refractivity contribution in [3.8, 4) is 0 Å². The van der Waals surface area contributed by atoms with Gasteiger partial charge in [-0.2, -0.15) is 0 Å². The zero-order valence-corrected chi connectivity index (χ0v) is 19.2. The van der Waals surface area contributed by atoms with E-state index in [1.807, 2.05) is 0 Å². The Kier molecular flexibility index (Phi) is 22.0. The first-order chi connectivity index (χ1) is 11.5. The van der Waals surface area contributed by atoms with Gasteiger partial charge in [0.15, 0.2) is 6.29 Å². The number of aliphatic hydroxyl groups is 1. The van der Waals surface area contributed by atoms with E-state index in [1.165, 1.54) is 77.0 Å². The Bertz CT molecular complexity index is 362. The molecule has 1 atom stereocenters. The molecule has 5 nitrogen and oxygen atoms in total. The van der Waals surface area contributed by atoms with E-state index in [1.54, 1.807) is 0 Å². The van der Waals surface area contributed by atoms with Crippen molar-refractivity contribution in [1.29, 1.82) is 0 Å². The maximum absolute atomic E-state index is 10.3. The molecule has 0 aliphatic heterocycles. The van der Waals surface area contributed by atoms with E-state index >= 15 is 0 Å².